The maximum atomic E-state index is 10.8. The number of carbonyl (C=O) groups is 2. The molecule has 1 aromatic heterocycles. The van der Waals surface area contributed by atoms with Crippen molar-refractivity contribution in [2.75, 3.05) is 0 Å². The van der Waals surface area contributed by atoms with Crippen LogP contribution in [0.3, 0.4) is 0 Å². The summed E-state index contributed by atoms with van der Waals surface area (Å²) >= 11 is 0. The Kier molecular flexibility index (Phi) is 2.93. The lowest BCUT2D eigenvalue weighted by atomic mass is 10.6. The van der Waals surface area contributed by atoms with E-state index in [2.05, 4.69) is 9.36 Å². The molecule has 1 unspecified atom stereocenters. The fourth-order valence-electron chi connectivity index (χ4n) is 0.664. The number of rotatable bonds is 1. The molecule has 0 saturated heterocycles. The third kappa shape index (κ3) is 1.94. The van der Waals surface area contributed by atoms with Gasteiger partial charge in [0.05, 0.1) is 9.47 Å². The lowest BCUT2D eigenvalue weighted by Gasteiger charge is -2.04. The first-order valence-corrected chi connectivity index (χ1v) is 3.76. The first kappa shape index (κ1) is 10.3. The molecule has 76 valence electrons. The molecule has 0 aliphatic heterocycles. The molecule has 2 N–H and O–H groups in total. The SMILES string of the molecule is O=C(OP)C(=O)On1c(O)ccc1O. The minimum atomic E-state index is -1.37. The van der Waals surface area contributed by atoms with Crippen molar-refractivity contribution in [1.82, 2.24) is 4.73 Å². The second-order valence-corrected chi connectivity index (χ2v) is 2.36. The lowest BCUT2D eigenvalue weighted by Crippen LogP contribution is -2.26. The van der Waals surface area contributed by atoms with Gasteiger partial charge in [-0.1, -0.05) is 0 Å². The molecular weight excluding hydrogens is 213 g/mol. The van der Waals surface area contributed by atoms with Crippen LogP contribution in [-0.4, -0.2) is 26.9 Å². The summed E-state index contributed by atoms with van der Waals surface area (Å²) in [6.07, 6.45) is 0. The van der Waals surface area contributed by atoms with Gasteiger partial charge in [0.1, 0.15) is 0 Å². The maximum absolute atomic E-state index is 10.8. The van der Waals surface area contributed by atoms with Crippen LogP contribution in [-0.2, 0) is 14.1 Å². The maximum Gasteiger partial charge on any atom is 0.442 e. The Hall–Kier alpha value is -1.75. The summed E-state index contributed by atoms with van der Waals surface area (Å²) in [7, 11) is 1.56. The zero-order valence-electron chi connectivity index (χ0n) is 6.71. The average Bonchev–Trinajstić information content (AvgIpc) is 2.48. The van der Waals surface area contributed by atoms with Gasteiger partial charge in [-0.2, -0.15) is 0 Å². The van der Waals surface area contributed by atoms with E-state index in [1.165, 1.54) is 0 Å². The highest BCUT2D eigenvalue weighted by molar-refractivity contribution is 7.11. The van der Waals surface area contributed by atoms with Crippen molar-refractivity contribution >= 4 is 21.4 Å². The van der Waals surface area contributed by atoms with Crippen molar-refractivity contribution < 1.29 is 29.2 Å². The van der Waals surface area contributed by atoms with Crippen molar-refractivity contribution in [3.63, 3.8) is 0 Å². The molecule has 0 spiro atoms. The van der Waals surface area contributed by atoms with Crippen LogP contribution in [0.4, 0.5) is 0 Å². The van der Waals surface area contributed by atoms with E-state index in [0.717, 1.165) is 12.1 Å². The first-order chi connectivity index (χ1) is 6.56. The van der Waals surface area contributed by atoms with Gasteiger partial charge in [-0.15, -0.1) is 4.73 Å². The summed E-state index contributed by atoms with van der Waals surface area (Å²) in [6, 6.07) is 2.16. The number of aromatic hydroxyl groups is 2. The van der Waals surface area contributed by atoms with E-state index in [-0.39, 0.29) is 0 Å². The number of nitrogens with zero attached hydrogens (tertiary/aromatic N) is 1. The molecule has 0 bridgehead atoms. The van der Waals surface area contributed by atoms with Crippen molar-refractivity contribution in [3.8, 4) is 11.8 Å². The average molecular weight is 219 g/mol. The third-order valence-corrected chi connectivity index (χ3v) is 1.46. The van der Waals surface area contributed by atoms with Gasteiger partial charge >= 0.3 is 11.9 Å². The Bertz CT molecular complexity index is 353. The Balaban J connectivity index is 2.79. The smallest absolute Gasteiger partial charge is 0.442 e. The number of carbonyl (C=O) groups excluding carboxylic acids is 2. The molecule has 7 nitrogen and oxygen atoms in total. The van der Waals surface area contributed by atoms with Crippen LogP contribution in [0.15, 0.2) is 12.1 Å². The quantitative estimate of drug-likeness (QED) is 0.473. The van der Waals surface area contributed by atoms with Gasteiger partial charge in [0, 0.05) is 12.1 Å². The predicted molar refractivity (Wildman–Crippen MR) is 45.2 cm³/mol. The summed E-state index contributed by atoms with van der Waals surface area (Å²) in [6.45, 7) is 0. The van der Waals surface area contributed by atoms with E-state index in [0.29, 0.717) is 4.73 Å². The molecule has 1 aromatic rings. The van der Waals surface area contributed by atoms with E-state index < -0.39 is 23.7 Å². The summed E-state index contributed by atoms with van der Waals surface area (Å²) in [5, 5.41) is 18.0. The van der Waals surface area contributed by atoms with E-state index in [4.69, 9.17) is 10.2 Å². The molecule has 0 saturated carbocycles. The molecule has 0 fully saturated rings. The van der Waals surface area contributed by atoms with Crippen LogP contribution in [0, 0.1) is 0 Å². The highest BCUT2D eigenvalue weighted by atomic mass is 31.0. The van der Waals surface area contributed by atoms with Crippen molar-refractivity contribution in [2.45, 2.75) is 0 Å². The normalized spacial score (nSPS) is 9.50. The largest absolute Gasteiger partial charge is 0.492 e. The van der Waals surface area contributed by atoms with Crippen LogP contribution in [0.2, 0.25) is 0 Å². The van der Waals surface area contributed by atoms with Crippen molar-refractivity contribution in [2.24, 2.45) is 0 Å². The second-order valence-electron chi connectivity index (χ2n) is 2.13. The zero-order valence-corrected chi connectivity index (χ0v) is 7.86. The number of hydrogen-bond donors (Lipinski definition) is 2. The summed E-state index contributed by atoms with van der Waals surface area (Å²) < 4.78 is 4.35. The monoisotopic (exact) mass is 219 g/mol. The van der Waals surface area contributed by atoms with Gasteiger partial charge in [0.15, 0.2) is 0 Å². The summed E-state index contributed by atoms with van der Waals surface area (Å²) in [5.41, 5.74) is 0. The molecule has 1 atom stereocenters. The Labute approximate surface area is 80.1 Å². The molecule has 14 heavy (non-hydrogen) atoms. The summed E-state index contributed by atoms with van der Waals surface area (Å²) in [5.74, 6) is -3.69. The minimum Gasteiger partial charge on any atom is -0.492 e. The Morgan fingerprint density at radius 3 is 2.14 bits per heavy atom. The van der Waals surface area contributed by atoms with Crippen LogP contribution in [0.25, 0.3) is 0 Å². The summed E-state index contributed by atoms with van der Waals surface area (Å²) in [4.78, 5) is 25.6. The number of hydrogen-bond acceptors (Lipinski definition) is 6. The van der Waals surface area contributed by atoms with Gasteiger partial charge in [-0.25, -0.2) is 9.59 Å². The Morgan fingerprint density at radius 2 is 1.71 bits per heavy atom. The lowest BCUT2D eigenvalue weighted by molar-refractivity contribution is -0.162. The van der Waals surface area contributed by atoms with Crippen molar-refractivity contribution in [1.29, 1.82) is 0 Å². The molecule has 0 amide bonds. The topological polar surface area (TPSA) is 98.0 Å². The van der Waals surface area contributed by atoms with E-state index >= 15 is 0 Å². The minimum absolute atomic E-state index is 0.379. The molecule has 0 aliphatic rings. The fourth-order valence-corrected chi connectivity index (χ4v) is 0.760. The highest BCUT2D eigenvalue weighted by Gasteiger charge is 2.20. The number of aromatic nitrogens is 1. The van der Waals surface area contributed by atoms with Crippen molar-refractivity contribution in [3.05, 3.63) is 12.1 Å². The van der Waals surface area contributed by atoms with Gasteiger partial charge in [-0.05, 0) is 0 Å². The van der Waals surface area contributed by atoms with E-state index in [1.54, 1.807) is 9.47 Å². The fraction of sp³-hybridized carbons (Fsp3) is 0. The Morgan fingerprint density at radius 1 is 1.21 bits per heavy atom. The van der Waals surface area contributed by atoms with Crippen LogP contribution >= 0.6 is 9.47 Å². The first-order valence-electron chi connectivity index (χ1n) is 3.29. The standard InChI is InChI=1S/C6H6NO6P/c8-3-1-2-4(9)7(3)12-5(10)6(11)13-14/h1-2,8-9H,14H2. The molecule has 0 aromatic carbocycles. The van der Waals surface area contributed by atoms with Gasteiger partial charge in [0.2, 0.25) is 11.8 Å². The molecule has 1 rings (SSSR count). The van der Waals surface area contributed by atoms with Crippen LogP contribution in [0.1, 0.15) is 0 Å². The molecule has 1 heterocycles. The molecule has 8 heteroatoms. The highest BCUT2D eigenvalue weighted by Crippen LogP contribution is 2.18. The van der Waals surface area contributed by atoms with Crippen LogP contribution < -0.4 is 4.84 Å². The van der Waals surface area contributed by atoms with Gasteiger partial charge in [0.25, 0.3) is 0 Å². The van der Waals surface area contributed by atoms with E-state index in [1.807, 2.05) is 0 Å². The molecule has 0 aliphatic carbocycles. The van der Waals surface area contributed by atoms with Crippen LogP contribution in [0.5, 0.6) is 11.8 Å². The molecular formula is C6H6NO6P. The van der Waals surface area contributed by atoms with Gasteiger partial charge < -0.3 is 19.6 Å². The third-order valence-electron chi connectivity index (χ3n) is 1.25. The van der Waals surface area contributed by atoms with Gasteiger partial charge in [-0.3, -0.25) is 0 Å². The molecule has 0 radical (unpaired) electrons. The zero-order chi connectivity index (χ0) is 10.7. The second kappa shape index (κ2) is 3.97. The van der Waals surface area contributed by atoms with E-state index in [9.17, 15) is 9.59 Å². The predicted octanol–water partition coefficient (Wildman–Crippen LogP) is -0.812.